The van der Waals surface area contributed by atoms with Crippen molar-refractivity contribution in [2.45, 2.75) is 55.9 Å². The molecular weight excluding hydrogens is 325 g/mol. The van der Waals surface area contributed by atoms with E-state index < -0.39 is 9.84 Å². The molecule has 0 aromatic carbocycles. The molecular formula is C12H23N2O2SY-. The second-order valence-corrected chi connectivity index (χ2v) is 7.90. The molecule has 0 atom stereocenters. The van der Waals surface area contributed by atoms with E-state index in [0.29, 0.717) is 6.04 Å². The Bertz CT molecular complexity index is 345. The predicted molar refractivity (Wildman–Crippen MR) is 69.8 cm³/mol. The van der Waals surface area contributed by atoms with Gasteiger partial charge in [0.2, 0.25) is 0 Å². The van der Waals surface area contributed by atoms with Gasteiger partial charge < -0.3 is 10.6 Å². The zero-order valence-corrected chi connectivity index (χ0v) is 14.8. The minimum absolute atomic E-state index is 0. The van der Waals surface area contributed by atoms with E-state index in [-0.39, 0.29) is 44.0 Å². The van der Waals surface area contributed by atoms with Gasteiger partial charge in [-0.1, -0.05) is 12.8 Å². The van der Waals surface area contributed by atoms with Gasteiger partial charge in [-0.15, -0.1) is 6.04 Å². The number of likely N-dealkylation sites (tertiary alicyclic amines) is 1. The summed E-state index contributed by atoms with van der Waals surface area (Å²) in [4.78, 5) is 2.45. The van der Waals surface area contributed by atoms with Gasteiger partial charge in [0.05, 0.1) is 5.25 Å². The maximum Gasteiger partial charge on any atom is 0.150 e. The van der Waals surface area contributed by atoms with Crippen LogP contribution in [0.4, 0.5) is 0 Å². The molecule has 1 saturated carbocycles. The van der Waals surface area contributed by atoms with E-state index in [4.69, 9.17) is 5.73 Å². The molecule has 18 heavy (non-hydrogen) atoms. The molecule has 1 aliphatic carbocycles. The molecule has 1 saturated heterocycles. The van der Waals surface area contributed by atoms with Crippen molar-refractivity contribution in [3.05, 3.63) is 5.73 Å². The van der Waals surface area contributed by atoms with Crippen LogP contribution in [0.25, 0.3) is 5.73 Å². The summed E-state index contributed by atoms with van der Waals surface area (Å²) in [5.41, 5.74) is 7.69. The van der Waals surface area contributed by atoms with Crippen molar-refractivity contribution in [2.24, 2.45) is 0 Å². The first-order valence-corrected chi connectivity index (χ1v) is 8.56. The summed E-state index contributed by atoms with van der Waals surface area (Å²) >= 11 is 0. The van der Waals surface area contributed by atoms with Crippen molar-refractivity contribution in [1.29, 1.82) is 0 Å². The van der Waals surface area contributed by atoms with Gasteiger partial charge in [0, 0.05) is 45.0 Å². The molecule has 103 valence electrons. The van der Waals surface area contributed by atoms with Crippen molar-refractivity contribution in [3.63, 3.8) is 0 Å². The first kappa shape index (κ1) is 17.0. The summed E-state index contributed by atoms with van der Waals surface area (Å²) in [5.74, 6) is 0. The van der Waals surface area contributed by atoms with E-state index in [1.165, 1.54) is 6.26 Å². The molecule has 0 unspecified atom stereocenters. The van der Waals surface area contributed by atoms with E-state index in [2.05, 4.69) is 4.90 Å². The standard InChI is InChI=1S/C12H23N2O2S.Y/c1-17(15,16)12-6-8-14(9-7-12)11-4-2-10(13)3-5-11;/h10-13H,2-9H2,1H3;/q-1;. The first-order valence-electron chi connectivity index (χ1n) is 6.61. The van der Waals surface area contributed by atoms with E-state index >= 15 is 0 Å². The molecule has 0 bridgehead atoms. The van der Waals surface area contributed by atoms with Crippen LogP contribution in [-0.4, -0.2) is 50.0 Å². The second-order valence-electron chi connectivity index (χ2n) is 5.57. The van der Waals surface area contributed by atoms with Crippen LogP contribution in [0.1, 0.15) is 38.5 Å². The van der Waals surface area contributed by atoms with Gasteiger partial charge in [-0.3, -0.25) is 0 Å². The van der Waals surface area contributed by atoms with E-state index in [9.17, 15) is 8.42 Å². The Morgan fingerprint density at radius 3 is 1.94 bits per heavy atom. The summed E-state index contributed by atoms with van der Waals surface area (Å²) in [6, 6.07) is 0.747. The van der Waals surface area contributed by atoms with Gasteiger partial charge in [-0.25, -0.2) is 8.42 Å². The van der Waals surface area contributed by atoms with Crippen LogP contribution >= 0.6 is 0 Å². The van der Waals surface area contributed by atoms with Crippen LogP contribution in [0.2, 0.25) is 0 Å². The topological polar surface area (TPSA) is 61.2 Å². The van der Waals surface area contributed by atoms with Crippen molar-refractivity contribution in [2.75, 3.05) is 19.3 Å². The summed E-state index contributed by atoms with van der Waals surface area (Å²) in [5, 5.41) is -0.119. The summed E-state index contributed by atoms with van der Waals surface area (Å²) in [6.45, 7) is 1.84. The quantitative estimate of drug-likeness (QED) is 0.765. The van der Waals surface area contributed by atoms with Crippen molar-refractivity contribution in [3.8, 4) is 0 Å². The smallest absolute Gasteiger partial charge is 0.150 e. The zero-order valence-electron chi connectivity index (χ0n) is 11.1. The normalized spacial score (nSPS) is 31.9. The zero-order chi connectivity index (χ0) is 12.5. The fraction of sp³-hybridized carbons (Fsp3) is 1.00. The Kier molecular flexibility index (Phi) is 6.73. The summed E-state index contributed by atoms with van der Waals surface area (Å²) in [6.07, 6.45) is 7.21. The third-order valence-corrected chi connectivity index (χ3v) is 5.98. The Balaban J connectivity index is 0.00000162. The van der Waals surface area contributed by atoms with Crippen LogP contribution in [0.5, 0.6) is 0 Å². The number of piperidine rings is 1. The monoisotopic (exact) mass is 348 g/mol. The summed E-state index contributed by atoms with van der Waals surface area (Å²) < 4.78 is 22.9. The predicted octanol–water partition coefficient (Wildman–Crippen LogP) is 1.86. The van der Waals surface area contributed by atoms with Crippen LogP contribution in [-0.2, 0) is 42.5 Å². The van der Waals surface area contributed by atoms with Gasteiger partial charge >= 0.3 is 0 Å². The van der Waals surface area contributed by atoms with Crippen LogP contribution in [0, 0.1) is 0 Å². The van der Waals surface area contributed by atoms with Gasteiger partial charge in [-0.05, 0) is 38.8 Å². The molecule has 0 spiro atoms. The van der Waals surface area contributed by atoms with Crippen molar-refractivity contribution in [1.82, 2.24) is 4.90 Å². The molecule has 1 N–H and O–H groups in total. The second kappa shape index (κ2) is 7.12. The van der Waals surface area contributed by atoms with Crippen LogP contribution in [0.3, 0.4) is 0 Å². The molecule has 2 fully saturated rings. The molecule has 6 heteroatoms. The third-order valence-electron chi connectivity index (χ3n) is 4.30. The largest absolute Gasteiger partial charge is 0.675 e. The molecule has 2 rings (SSSR count). The SMILES string of the molecule is CS(=O)(=O)C1CCN(C2CCC([NH-])CC2)CC1.[Y]. The van der Waals surface area contributed by atoms with Gasteiger partial charge in [0.1, 0.15) is 9.84 Å². The number of hydrogen-bond donors (Lipinski definition) is 0. The Hall–Kier alpha value is 0.974. The number of sulfone groups is 1. The van der Waals surface area contributed by atoms with E-state index in [0.717, 1.165) is 51.6 Å². The van der Waals surface area contributed by atoms with Crippen LogP contribution < -0.4 is 0 Å². The fourth-order valence-electron chi connectivity index (χ4n) is 3.11. The number of rotatable bonds is 2. The van der Waals surface area contributed by atoms with Gasteiger partial charge in [-0.2, -0.15) is 0 Å². The van der Waals surface area contributed by atoms with Crippen molar-refractivity contribution >= 4 is 9.84 Å². The Morgan fingerprint density at radius 1 is 1.00 bits per heavy atom. The average molecular weight is 348 g/mol. The molecule has 4 nitrogen and oxygen atoms in total. The number of hydrogen-bond acceptors (Lipinski definition) is 3. The fourth-order valence-corrected chi connectivity index (χ4v) is 4.18. The maximum atomic E-state index is 11.5. The van der Waals surface area contributed by atoms with Crippen molar-refractivity contribution < 1.29 is 41.1 Å². The molecule has 0 amide bonds. The van der Waals surface area contributed by atoms with E-state index in [1.807, 2.05) is 0 Å². The summed E-state index contributed by atoms with van der Waals surface area (Å²) in [7, 11) is -2.85. The van der Waals surface area contributed by atoms with E-state index in [1.54, 1.807) is 0 Å². The molecule has 0 aromatic rings. The van der Waals surface area contributed by atoms with Crippen LogP contribution in [0.15, 0.2) is 0 Å². The number of nitrogens with zero attached hydrogens (tertiary/aromatic N) is 1. The average Bonchev–Trinajstić information content (AvgIpc) is 2.29. The molecule has 1 aliphatic heterocycles. The third kappa shape index (κ3) is 4.51. The first-order chi connectivity index (χ1) is 7.97. The molecule has 1 heterocycles. The number of nitrogens with one attached hydrogen (secondary N) is 1. The Morgan fingerprint density at radius 2 is 1.50 bits per heavy atom. The molecule has 2 aliphatic rings. The van der Waals surface area contributed by atoms with Gasteiger partial charge in [0.25, 0.3) is 0 Å². The molecule has 1 radical (unpaired) electrons. The van der Waals surface area contributed by atoms with Gasteiger partial charge in [0.15, 0.2) is 0 Å². The Labute approximate surface area is 136 Å². The molecule has 0 aromatic heterocycles. The minimum atomic E-state index is -2.85. The minimum Gasteiger partial charge on any atom is -0.675 e. The maximum absolute atomic E-state index is 11.5.